The highest BCUT2D eigenvalue weighted by Gasteiger charge is 2.32. The van der Waals surface area contributed by atoms with Gasteiger partial charge in [-0.3, -0.25) is 0 Å². The first kappa shape index (κ1) is 12.3. The predicted octanol–water partition coefficient (Wildman–Crippen LogP) is 3.92. The maximum Gasteiger partial charge on any atom is 0.102 e. The molecule has 0 radical (unpaired) electrons. The Labute approximate surface area is 101 Å². The quantitative estimate of drug-likeness (QED) is 0.585. The maximum absolute atomic E-state index is 6.31. The van der Waals surface area contributed by atoms with Crippen molar-refractivity contribution in [2.24, 2.45) is 0 Å². The van der Waals surface area contributed by atoms with Crippen LogP contribution in [0.4, 0.5) is 0 Å². The van der Waals surface area contributed by atoms with Gasteiger partial charge in [-0.2, -0.15) is 0 Å². The highest BCUT2D eigenvalue weighted by atomic mass is 79.9. The summed E-state index contributed by atoms with van der Waals surface area (Å²) in [5.41, 5.74) is 0. The zero-order valence-electron chi connectivity index (χ0n) is 8.85. The van der Waals surface area contributed by atoms with Crippen LogP contribution in [0.5, 0.6) is 0 Å². The maximum atomic E-state index is 6.31. The van der Waals surface area contributed by atoms with Gasteiger partial charge in [-0.15, -0.1) is 11.6 Å². The van der Waals surface area contributed by atoms with Gasteiger partial charge in [0, 0.05) is 9.47 Å². The minimum Gasteiger partial charge on any atom is -0.126 e. The van der Waals surface area contributed by atoms with Crippen molar-refractivity contribution in [3.8, 4) is 0 Å². The van der Waals surface area contributed by atoms with Crippen molar-refractivity contribution >= 4 is 40.8 Å². The van der Waals surface area contributed by atoms with Crippen LogP contribution in [0.2, 0.25) is 12.6 Å². The topological polar surface area (TPSA) is 0 Å². The summed E-state index contributed by atoms with van der Waals surface area (Å²) in [4.78, 5) is 0. The molecule has 2 unspecified atom stereocenters. The summed E-state index contributed by atoms with van der Waals surface area (Å²) in [5, 5.41) is 1.74. The van der Waals surface area contributed by atoms with Gasteiger partial charge >= 0.3 is 0 Å². The van der Waals surface area contributed by atoms with Crippen molar-refractivity contribution in [1.82, 2.24) is 0 Å². The minimum absolute atomic E-state index is 0.286. The Bertz CT molecular complexity index is 297. The molecule has 0 bridgehead atoms. The Morgan fingerprint density at radius 2 is 1.86 bits per heavy atom. The van der Waals surface area contributed by atoms with Crippen LogP contribution in [0.1, 0.15) is 13.8 Å². The van der Waals surface area contributed by atoms with Crippen LogP contribution in [0, 0.1) is 0 Å². The Morgan fingerprint density at radius 3 is 2.21 bits per heavy atom. The summed E-state index contributed by atoms with van der Waals surface area (Å²) in [6.45, 7) is 6.72. The molecule has 0 amide bonds. The largest absolute Gasteiger partial charge is 0.126 e. The summed E-state index contributed by atoms with van der Waals surface area (Å²) in [7, 11) is -1.46. The minimum atomic E-state index is -1.46. The summed E-state index contributed by atoms with van der Waals surface area (Å²) in [6.07, 6.45) is 0. The van der Waals surface area contributed by atoms with E-state index in [0.29, 0.717) is 0 Å². The van der Waals surface area contributed by atoms with Gasteiger partial charge in [-0.05, 0) is 12.1 Å². The molecule has 1 aromatic carbocycles. The van der Waals surface area contributed by atoms with E-state index in [2.05, 4.69) is 60.6 Å². The van der Waals surface area contributed by atoms with E-state index in [1.54, 1.807) is 0 Å². The van der Waals surface area contributed by atoms with Gasteiger partial charge in [0.25, 0.3) is 0 Å². The van der Waals surface area contributed by atoms with Crippen molar-refractivity contribution < 1.29 is 0 Å². The van der Waals surface area contributed by atoms with Gasteiger partial charge in [-0.1, -0.05) is 59.7 Å². The first-order valence-electron chi connectivity index (χ1n) is 4.91. The predicted molar refractivity (Wildman–Crippen MR) is 71.2 cm³/mol. The zero-order chi connectivity index (χ0) is 10.8. The molecule has 1 aromatic rings. The fourth-order valence-electron chi connectivity index (χ4n) is 1.55. The van der Waals surface area contributed by atoms with Crippen molar-refractivity contribution in [2.75, 3.05) is 0 Å². The van der Waals surface area contributed by atoms with Crippen LogP contribution < -0.4 is 5.19 Å². The fourth-order valence-corrected chi connectivity index (χ4v) is 5.01. The van der Waals surface area contributed by atoms with Crippen LogP contribution >= 0.6 is 27.5 Å². The first-order chi connectivity index (χ1) is 6.50. The lowest BCUT2D eigenvalue weighted by molar-refractivity contribution is 1.22. The number of halogens is 2. The molecule has 0 N–H and O–H groups in total. The Kier molecular flexibility index (Phi) is 4.23. The van der Waals surface area contributed by atoms with E-state index in [0.717, 1.165) is 4.47 Å². The van der Waals surface area contributed by atoms with E-state index in [9.17, 15) is 0 Å². The Hall–Kier alpha value is 0.207. The molecule has 2 atom stereocenters. The zero-order valence-corrected chi connectivity index (χ0v) is 12.2. The summed E-state index contributed by atoms with van der Waals surface area (Å²) < 4.78 is 1.14. The van der Waals surface area contributed by atoms with Gasteiger partial charge in [0.05, 0.1) is 0 Å². The van der Waals surface area contributed by atoms with E-state index in [1.165, 1.54) is 11.2 Å². The number of alkyl halides is 1. The number of hydrogen-bond acceptors (Lipinski definition) is 0. The molecule has 0 nitrogen and oxygen atoms in total. The monoisotopic (exact) mass is 290 g/mol. The summed E-state index contributed by atoms with van der Waals surface area (Å²) >= 11 is 9.76. The van der Waals surface area contributed by atoms with Crippen LogP contribution in [0.15, 0.2) is 28.7 Å². The Balaban J connectivity index is 3.06. The van der Waals surface area contributed by atoms with Crippen molar-refractivity contribution in [2.45, 2.75) is 31.4 Å². The van der Waals surface area contributed by atoms with E-state index >= 15 is 0 Å². The average molecular weight is 292 g/mol. The second-order valence-electron chi connectivity index (χ2n) is 3.89. The van der Waals surface area contributed by atoms with Gasteiger partial charge in [0.15, 0.2) is 0 Å². The molecule has 0 spiro atoms. The van der Waals surface area contributed by atoms with Gasteiger partial charge < -0.3 is 0 Å². The van der Waals surface area contributed by atoms with E-state index in [1.807, 2.05) is 0 Å². The molecular formula is C11H16BrClSi. The lowest BCUT2D eigenvalue weighted by Gasteiger charge is -2.29. The lowest BCUT2D eigenvalue weighted by Crippen LogP contribution is -2.51. The molecule has 0 aliphatic rings. The van der Waals surface area contributed by atoms with Crippen molar-refractivity contribution in [3.63, 3.8) is 0 Å². The van der Waals surface area contributed by atoms with Gasteiger partial charge in [0.2, 0.25) is 0 Å². The molecular weight excluding hydrogens is 276 g/mol. The third-order valence-electron chi connectivity index (χ3n) is 3.12. The SMILES string of the molecule is CC[Si](C)(c1ccc(Br)cc1)C(C)Cl. The number of benzene rings is 1. The molecule has 0 aromatic heterocycles. The Morgan fingerprint density at radius 1 is 1.36 bits per heavy atom. The molecule has 1 rings (SSSR count). The molecule has 0 saturated carbocycles. The average Bonchev–Trinajstić information content (AvgIpc) is 2.17. The van der Waals surface area contributed by atoms with Crippen molar-refractivity contribution in [3.05, 3.63) is 28.7 Å². The second-order valence-corrected chi connectivity index (χ2v) is 10.8. The van der Waals surface area contributed by atoms with Crippen LogP contribution in [-0.4, -0.2) is 13.1 Å². The second kappa shape index (κ2) is 4.82. The summed E-state index contributed by atoms with van der Waals surface area (Å²) in [6, 6.07) is 9.82. The van der Waals surface area contributed by atoms with Gasteiger partial charge in [0.1, 0.15) is 8.07 Å². The highest BCUT2D eigenvalue weighted by Crippen LogP contribution is 2.20. The molecule has 0 saturated heterocycles. The van der Waals surface area contributed by atoms with Crippen molar-refractivity contribution in [1.29, 1.82) is 0 Å². The fraction of sp³-hybridized carbons (Fsp3) is 0.455. The van der Waals surface area contributed by atoms with Crippen LogP contribution in [0.3, 0.4) is 0 Å². The number of rotatable bonds is 3. The molecule has 78 valence electrons. The van der Waals surface area contributed by atoms with E-state index < -0.39 is 8.07 Å². The lowest BCUT2D eigenvalue weighted by atomic mass is 10.4. The third kappa shape index (κ3) is 2.41. The standard InChI is InChI=1S/C11H16BrClSi/c1-4-14(3,9(2)13)11-7-5-10(12)6-8-11/h5-9H,4H2,1-3H3. The number of hydrogen-bond donors (Lipinski definition) is 0. The normalized spacial score (nSPS) is 17.5. The molecule has 0 fully saturated rings. The summed E-state index contributed by atoms with van der Waals surface area (Å²) in [5.74, 6) is 0. The molecule has 14 heavy (non-hydrogen) atoms. The smallest absolute Gasteiger partial charge is 0.102 e. The van der Waals surface area contributed by atoms with Crippen LogP contribution in [0.25, 0.3) is 0 Å². The molecule has 0 aliphatic heterocycles. The van der Waals surface area contributed by atoms with E-state index in [4.69, 9.17) is 11.6 Å². The van der Waals surface area contributed by atoms with E-state index in [-0.39, 0.29) is 5.00 Å². The molecule has 0 heterocycles. The van der Waals surface area contributed by atoms with Gasteiger partial charge in [-0.25, -0.2) is 0 Å². The van der Waals surface area contributed by atoms with Crippen LogP contribution in [-0.2, 0) is 0 Å². The molecule has 3 heteroatoms. The third-order valence-corrected chi connectivity index (χ3v) is 9.97. The highest BCUT2D eigenvalue weighted by molar-refractivity contribution is 9.10. The molecule has 0 aliphatic carbocycles. The first-order valence-corrected chi connectivity index (χ1v) is 8.92.